The second-order valence-electron chi connectivity index (χ2n) is 4.99. The number of thiazole rings is 2. The fourth-order valence-electron chi connectivity index (χ4n) is 1.95. The van der Waals surface area contributed by atoms with Crippen molar-refractivity contribution in [2.24, 2.45) is 0 Å². The summed E-state index contributed by atoms with van der Waals surface area (Å²) in [5.41, 5.74) is 0.917. The van der Waals surface area contributed by atoms with Crippen molar-refractivity contribution in [3.8, 4) is 5.75 Å². The van der Waals surface area contributed by atoms with Gasteiger partial charge in [0.15, 0.2) is 5.13 Å². The summed E-state index contributed by atoms with van der Waals surface area (Å²) >= 11 is 3.21. The van der Waals surface area contributed by atoms with E-state index in [9.17, 15) is 4.39 Å². The molecule has 0 aliphatic rings. The monoisotopic (exact) mass is 349 g/mol. The average Bonchev–Trinajstić information content (AvgIpc) is 3.16. The van der Waals surface area contributed by atoms with Crippen molar-refractivity contribution in [1.29, 1.82) is 0 Å². The molecule has 0 atom stereocenters. The highest BCUT2D eigenvalue weighted by atomic mass is 32.1. The molecule has 7 heteroatoms. The van der Waals surface area contributed by atoms with Gasteiger partial charge in [-0.1, -0.05) is 11.3 Å². The Morgan fingerprint density at radius 2 is 2.13 bits per heavy atom. The number of alkyl halides is 1. The highest BCUT2D eigenvalue weighted by Crippen LogP contribution is 2.28. The number of hydrogen-bond acceptors (Lipinski definition) is 6. The van der Waals surface area contributed by atoms with Crippen LogP contribution in [0.25, 0.3) is 22.4 Å². The Balaban J connectivity index is 1.78. The highest BCUT2D eigenvalue weighted by Gasteiger charge is 2.05. The van der Waals surface area contributed by atoms with E-state index in [0.29, 0.717) is 5.75 Å². The van der Waals surface area contributed by atoms with Gasteiger partial charge in [-0.15, -0.1) is 11.3 Å². The fourth-order valence-corrected chi connectivity index (χ4v) is 3.59. The maximum atomic E-state index is 12.2. The van der Waals surface area contributed by atoms with Gasteiger partial charge in [-0.3, -0.25) is 0 Å². The molecular weight excluding hydrogens is 333 g/mol. The maximum Gasteiger partial charge on any atom is 0.185 e. The molecule has 0 saturated heterocycles. The predicted octanol–water partition coefficient (Wildman–Crippen LogP) is 4.34. The summed E-state index contributed by atoms with van der Waals surface area (Å²) in [5, 5.41) is 1.89. The average molecular weight is 349 g/mol. The minimum absolute atomic E-state index is 0.0800. The lowest BCUT2D eigenvalue weighted by atomic mass is 10.3. The fraction of sp³-hybridized carbons (Fsp3) is 0.250. The molecular formula is C16H16FN3OS2. The van der Waals surface area contributed by atoms with E-state index < -0.39 is 6.67 Å². The molecule has 0 saturated carbocycles. The summed E-state index contributed by atoms with van der Waals surface area (Å²) in [7, 11) is 3.95. The topological polar surface area (TPSA) is 38.2 Å². The smallest absolute Gasteiger partial charge is 0.185 e. The first-order valence-corrected chi connectivity index (χ1v) is 8.69. The van der Waals surface area contributed by atoms with Crippen molar-refractivity contribution in [3.05, 3.63) is 34.3 Å². The second-order valence-corrected chi connectivity index (χ2v) is 7.09. The molecule has 1 aromatic carbocycles. The molecule has 0 amide bonds. The zero-order valence-electron chi connectivity index (χ0n) is 12.8. The number of aromatic nitrogens is 2. The highest BCUT2D eigenvalue weighted by molar-refractivity contribution is 7.19. The van der Waals surface area contributed by atoms with Gasteiger partial charge in [0.25, 0.3) is 0 Å². The van der Waals surface area contributed by atoms with Crippen molar-refractivity contribution in [3.63, 3.8) is 0 Å². The van der Waals surface area contributed by atoms with E-state index in [2.05, 4.69) is 9.97 Å². The summed E-state index contributed by atoms with van der Waals surface area (Å²) in [4.78, 5) is 12.0. The number of rotatable bonds is 6. The molecule has 4 nitrogen and oxygen atoms in total. The lowest BCUT2D eigenvalue weighted by Gasteiger charge is -2.04. The van der Waals surface area contributed by atoms with Crippen LogP contribution in [0.2, 0.25) is 0 Å². The van der Waals surface area contributed by atoms with E-state index in [-0.39, 0.29) is 6.61 Å². The molecule has 0 bridgehead atoms. The normalized spacial score (nSPS) is 11.4. The predicted molar refractivity (Wildman–Crippen MR) is 96.5 cm³/mol. The molecule has 120 valence electrons. The minimum Gasteiger partial charge on any atom is -0.491 e. The quantitative estimate of drug-likeness (QED) is 0.664. The molecule has 0 spiro atoms. The van der Waals surface area contributed by atoms with Crippen LogP contribution in [0.3, 0.4) is 0 Å². The molecule has 0 aliphatic carbocycles. The van der Waals surface area contributed by atoms with Gasteiger partial charge < -0.3 is 9.64 Å². The summed E-state index contributed by atoms with van der Waals surface area (Å²) in [6.07, 6.45) is 5.86. The van der Waals surface area contributed by atoms with E-state index in [4.69, 9.17) is 4.74 Å². The van der Waals surface area contributed by atoms with E-state index in [1.807, 2.05) is 55.5 Å². The Labute approximate surface area is 141 Å². The van der Waals surface area contributed by atoms with Gasteiger partial charge in [0.2, 0.25) is 0 Å². The third-order valence-electron chi connectivity index (χ3n) is 3.01. The first kappa shape index (κ1) is 15.9. The van der Waals surface area contributed by atoms with Crippen molar-refractivity contribution >= 4 is 50.2 Å². The van der Waals surface area contributed by atoms with Gasteiger partial charge >= 0.3 is 0 Å². The third-order valence-corrected chi connectivity index (χ3v) is 5.12. The van der Waals surface area contributed by atoms with Crippen LogP contribution in [0.1, 0.15) is 9.88 Å². The van der Waals surface area contributed by atoms with Crippen molar-refractivity contribution in [2.45, 2.75) is 0 Å². The Morgan fingerprint density at radius 1 is 1.26 bits per heavy atom. The van der Waals surface area contributed by atoms with Crippen molar-refractivity contribution in [1.82, 2.24) is 9.97 Å². The standard InChI is InChI=1S/C16H16FN3OS2/c1-20(2)16-18-10-12(22-16)4-6-15-19-13-5-3-11(21-8-7-17)9-14(13)23-15/h3-6,9-10H,7-8H2,1-2H3/b6-4+. The molecule has 0 radical (unpaired) electrons. The van der Waals surface area contributed by atoms with Crippen LogP contribution in [-0.4, -0.2) is 37.3 Å². The van der Waals surface area contributed by atoms with E-state index >= 15 is 0 Å². The van der Waals surface area contributed by atoms with Crippen LogP contribution in [0, 0.1) is 0 Å². The molecule has 0 fully saturated rings. The summed E-state index contributed by atoms with van der Waals surface area (Å²) in [6.45, 7) is -0.408. The first-order chi connectivity index (χ1) is 11.2. The van der Waals surface area contributed by atoms with Crippen LogP contribution < -0.4 is 9.64 Å². The van der Waals surface area contributed by atoms with Crippen molar-refractivity contribution in [2.75, 3.05) is 32.3 Å². The van der Waals surface area contributed by atoms with Crippen LogP contribution in [0.5, 0.6) is 5.75 Å². The molecule has 2 aromatic heterocycles. The van der Waals surface area contributed by atoms with Crippen LogP contribution in [-0.2, 0) is 0 Å². The van der Waals surface area contributed by atoms with Crippen LogP contribution in [0.4, 0.5) is 9.52 Å². The van der Waals surface area contributed by atoms with Gasteiger partial charge in [-0.2, -0.15) is 0 Å². The Morgan fingerprint density at radius 3 is 2.87 bits per heavy atom. The van der Waals surface area contributed by atoms with Gasteiger partial charge in [-0.25, -0.2) is 14.4 Å². The minimum atomic E-state index is -0.488. The summed E-state index contributed by atoms with van der Waals surface area (Å²) < 4.78 is 18.5. The molecule has 0 N–H and O–H groups in total. The summed E-state index contributed by atoms with van der Waals surface area (Å²) in [5.74, 6) is 0.674. The van der Waals surface area contributed by atoms with Crippen molar-refractivity contribution < 1.29 is 9.13 Å². The second kappa shape index (κ2) is 7.06. The van der Waals surface area contributed by atoms with Crippen LogP contribution >= 0.6 is 22.7 Å². The molecule has 3 rings (SSSR count). The summed E-state index contributed by atoms with van der Waals surface area (Å²) in [6, 6.07) is 5.61. The molecule has 0 aliphatic heterocycles. The Hall–Kier alpha value is -1.99. The van der Waals surface area contributed by atoms with Gasteiger partial charge in [0.05, 0.1) is 10.2 Å². The largest absolute Gasteiger partial charge is 0.491 e. The third kappa shape index (κ3) is 3.86. The van der Waals surface area contributed by atoms with Crippen LogP contribution in [0.15, 0.2) is 24.4 Å². The zero-order valence-corrected chi connectivity index (χ0v) is 14.5. The zero-order chi connectivity index (χ0) is 16.2. The number of ether oxygens (including phenoxy) is 1. The number of benzene rings is 1. The van der Waals surface area contributed by atoms with E-state index in [1.54, 1.807) is 22.7 Å². The number of halogens is 1. The van der Waals surface area contributed by atoms with Gasteiger partial charge in [-0.05, 0) is 30.4 Å². The molecule has 23 heavy (non-hydrogen) atoms. The number of nitrogens with zero attached hydrogens (tertiary/aromatic N) is 3. The van der Waals surface area contributed by atoms with E-state index in [1.165, 1.54) is 0 Å². The lowest BCUT2D eigenvalue weighted by molar-refractivity contribution is 0.273. The number of fused-ring (bicyclic) bond motifs is 1. The molecule has 2 heterocycles. The molecule has 3 aromatic rings. The maximum absolute atomic E-state index is 12.2. The SMILES string of the molecule is CN(C)c1ncc(/C=C/c2nc3ccc(OCCF)cc3s2)s1. The first-order valence-electron chi connectivity index (χ1n) is 7.06. The van der Waals surface area contributed by atoms with Gasteiger partial charge in [0, 0.05) is 25.2 Å². The number of anilines is 1. The Bertz CT molecular complexity index is 826. The molecule has 0 unspecified atom stereocenters. The lowest BCUT2D eigenvalue weighted by Crippen LogP contribution is -2.07. The Kier molecular flexibility index (Phi) is 4.88. The van der Waals surface area contributed by atoms with E-state index in [0.717, 1.165) is 25.2 Å². The number of hydrogen-bond donors (Lipinski definition) is 0. The van der Waals surface area contributed by atoms with Gasteiger partial charge in [0.1, 0.15) is 24.0 Å².